The Morgan fingerprint density at radius 1 is 0.963 bits per heavy atom. The fourth-order valence-corrected chi connectivity index (χ4v) is 3.09. The number of amides is 1. The maximum absolute atomic E-state index is 12.3. The van der Waals surface area contributed by atoms with E-state index in [0.717, 1.165) is 38.3 Å². The van der Waals surface area contributed by atoms with Gasteiger partial charge in [0.25, 0.3) is 5.91 Å². The molecule has 0 bridgehead atoms. The van der Waals surface area contributed by atoms with Crippen molar-refractivity contribution < 1.29 is 4.79 Å². The van der Waals surface area contributed by atoms with Crippen LogP contribution in [-0.2, 0) is 17.9 Å². The van der Waals surface area contributed by atoms with Gasteiger partial charge in [-0.25, -0.2) is 0 Å². The molecular formula is C22H24N4O. The highest BCUT2D eigenvalue weighted by atomic mass is 16.1. The Bertz CT molecular complexity index is 803. The first-order valence-electron chi connectivity index (χ1n) is 9.19. The number of rotatable bonds is 6. The van der Waals surface area contributed by atoms with E-state index in [1.807, 2.05) is 42.5 Å². The summed E-state index contributed by atoms with van der Waals surface area (Å²) in [5.74, 6) is -0.326. The molecule has 1 heterocycles. The smallest absolute Gasteiger partial charge is 0.263 e. The van der Waals surface area contributed by atoms with Crippen molar-refractivity contribution in [3.05, 3.63) is 83.6 Å². The summed E-state index contributed by atoms with van der Waals surface area (Å²) in [7, 11) is 0. The number of benzene rings is 2. The lowest BCUT2D eigenvalue weighted by atomic mass is 10.2. The zero-order chi connectivity index (χ0) is 18.9. The van der Waals surface area contributed by atoms with Gasteiger partial charge < -0.3 is 10.2 Å². The van der Waals surface area contributed by atoms with Crippen molar-refractivity contribution in [3.63, 3.8) is 0 Å². The number of hydrogen-bond donors (Lipinski definition) is 1. The van der Waals surface area contributed by atoms with E-state index >= 15 is 0 Å². The van der Waals surface area contributed by atoms with Gasteiger partial charge in [0.2, 0.25) is 0 Å². The van der Waals surface area contributed by atoms with E-state index in [1.54, 1.807) is 6.20 Å². The van der Waals surface area contributed by atoms with Crippen LogP contribution in [0.1, 0.15) is 11.1 Å². The van der Waals surface area contributed by atoms with Gasteiger partial charge in [0.15, 0.2) is 0 Å². The molecule has 138 valence electrons. The Morgan fingerprint density at radius 2 is 1.56 bits per heavy atom. The Hall–Kier alpha value is -3.10. The number of nitrogens with one attached hydrogen (secondary N) is 1. The number of piperazine rings is 1. The average Bonchev–Trinajstić information content (AvgIpc) is 2.73. The second-order valence-corrected chi connectivity index (χ2v) is 6.62. The van der Waals surface area contributed by atoms with Crippen molar-refractivity contribution in [1.82, 2.24) is 15.1 Å². The van der Waals surface area contributed by atoms with Crippen LogP contribution in [0.4, 0.5) is 0 Å². The second-order valence-electron chi connectivity index (χ2n) is 6.62. The number of nitrogens with zero attached hydrogens (tertiary/aromatic N) is 3. The summed E-state index contributed by atoms with van der Waals surface area (Å²) in [5.41, 5.74) is 2.47. The van der Waals surface area contributed by atoms with Gasteiger partial charge in [-0.15, -0.1) is 0 Å². The SMILES string of the molecule is N#C/C(=C\N1CCN(Cc2ccccc2)CC1)C(=O)NCc1ccccc1. The van der Waals surface area contributed by atoms with Gasteiger partial charge in [-0.05, 0) is 11.1 Å². The lowest BCUT2D eigenvalue weighted by molar-refractivity contribution is -0.117. The molecule has 1 aliphatic heterocycles. The predicted molar refractivity (Wildman–Crippen MR) is 105 cm³/mol. The van der Waals surface area contributed by atoms with Crippen LogP contribution in [0.5, 0.6) is 0 Å². The summed E-state index contributed by atoms with van der Waals surface area (Å²) < 4.78 is 0. The van der Waals surface area contributed by atoms with Crippen LogP contribution in [0.2, 0.25) is 0 Å². The molecule has 2 aromatic rings. The molecule has 5 nitrogen and oxygen atoms in total. The average molecular weight is 360 g/mol. The van der Waals surface area contributed by atoms with Crippen LogP contribution in [0.25, 0.3) is 0 Å². The van der Waals surface area contributed by atoms with Gasteiger partial charge in [-0.3, -0.25) is 9.69 Å². The van der Waals surface area contributed by atoms with E-state index in [9.17, 15) is 10.1 Å². The van der Waals surface area contributed by atoms with Crippen LogP contribution in [0.15, 0.2) is 72.4 Å². The van der Waals surface area contributed by atoms with Crippen LogP contribution >= 0.6 is 0 Å². The topological polar surface area (TPSA) is 59.4 Å². The third kappa shape index (κ3) is 5.70. The lowest BCUT2D eigenvalue weighted by Gasteiger charge is -2.34. The predicted octanol–water partition coefficient (Wildman–Crippen LogP) is 2.53. The van der Waals surface area contributed by atoms with E-state index in [1.165, 1.54) is 5.56 Å². The fourth-order valence-electron chi connectivity index (χ4n) is 3.09. The highest BCUT2D eigenvalue weighted by molar-refractivity contribution is 5.97. The third-order valence-corrected chi connectivity index (χ3v) is 4.63. The molecule has 0 atom stereocenters. The minimum absolute atomic E-state index is 0.155. The maximum Gasteiger partial charge on any atom is 0.263 e. The van der Waals surface area contributed by atoms with Crippen LogP contribution in [-0.4, -0.2) is 41.9 Å². The van der Waals surface area contributed by atoms with Gasteiger partial charge in [-0.2, -0.15) is 5.26 Å². The fraction of sp³-hybridized carbons (Fsp3) is 0.273. The minimum Gasteiger partial charge on any atom is -0.374 e. The summed E-state index contributed by atoms with van der Waals surface area (Å²) in [6.07, 6.45) is 1.69. The summed E-state index contributed by atoms with van der Waals surface area (Å²) in [5, 5.41) is 12.2. The van der Waals surface area contributed by atoms with Crippen molar-refractivity contribution >= 4 is 5.91 Å². The summed E-state index contributed by atoms with van der Waals surface area (Å²) in [4.78, 5) is 16.7. The summed E-state index contributed by atoms with van der Waals surface area (Å²) in [6, 6.07) is 22.1. The lowest BCUT2D eigenvalue weighted by Crippen LogP contribution is -2.44. The molecule has 5 heteroatoms. The zero-order valence-corrected chi connectivity index (χ0v) is 15.3. The van der Waals surface area contributed by atoms with E-state index < -0.39 is 0 Å². The molecule has 1 aliphatic rings. The molecule has 0 saturated carbocycles. The van der Waals surface area contributed by atoms with Gasteiger partial charge in [0.1, 0.15) is 11.6 Å². The first-order chi connectivity index (χ1) is 13.2. The van der Waals surface area contributed by atoms with Gasteiger partial charge in [0.05, 0.1) is 0 Å². The molecule has 27 heavy (non-hydrogen) atoms. The Labute approximate surface area is 160 Å². The monoisotopic (exact) mass is 360 g/mol. The van der Waals surface area contributed by atoms with Crippen LogP contribution in [0, 0.1) is 11.3 Å². The molecule has 1 saturated heterocycles. The van der Waals surface area contributed by atoms with E-state index in [-0.39, 0.29) is 11.5 Å². The van der Waals surface area contributed by atoms with Gasteiger partial charge in [0, 0.05) is 45.5 Å². The van der Waals surface area contributed by atoms with Gasteiger partial charge >= 0.3 is 0 Å². The standard InChI is InChI=1S/C22H24N4O/c23-15-21(22(27)24-16-19-7-3-1-4-8-19)18-26-13-11-25(12-14-26)17-20-9-5-2-6-10-20/h1-10,18H,11-14,16-17H2,(H,24,27)/b21-18+. The second kappa shape index (κ2) is 9.56. The van der Waals surface area contributed by atoms with Crippen LogP contribution < -0.4 is 5.32 Å². The molecule has 1 amide bonds. The molecule has 1 N–H and O–H groups in total. The molecule has 3 rings (SSSR count). The normalized spacial score (nSPS) is 15.2. The largest absolute Gasteiger partial charge is 0.374 e. The Kier molecular flexibility index (Phi) is 6.61. The molecule has 2 aromatic carbocycles. The highest BCUT2D eigenvalue weighted by Gasteiger charge is 2.17. The molecule has 0 aliphatic carbocycles. The van der Waals surface area contributed by atoms with Gasteiger partial charge in [-0.1, -0.05) is 60.7 Å². The van der Waals surface area contributed by atoms with Crippen molar-refractivity contribution in [2.45, 2.75) is 13.1 Å². The van der Waals surface area contributed by atoms with Crippen molar-refractivity contribution in [1.29, 1.82) is 5.26 Å². The zero-order valence-electron chi connectivity index (χ0n) is 15.3. The number of carbonyl (C=O) groups excluding carboxylic acids is 1. The third-order valence-electron chi connectivity index (χ3n) is 4.63. The van der Waals surface area contributed by atoms with E-state index in [0.29, 0.717) is 6.54 Å². The molecule has 0 unspecified atom stereocenters. The number of carbonyl (C=O) groups is 1. The molecule has 0 spiro atoms. The van der Waals surface area contributed by atoms with Crippen molar-refractivity contribution in [2.24, 2.45) is 0 Å². The first-order valence-corrected chi connectivity index (χ1v) is 9.19. The van der Waals surface area contributed by atoms with Crippen molar-refractivity contribution in [2.75, 3.05) is 26.2 Å². The van der Waals surface area contributed by atoms with Crippen molar-refractivity contribution in [3.8, 4) is 6.07 Å². The highest BCUT2D eigenvalue weighted by Crippen LogP contribution is 2.10. The first kappa shape index (κ1) is 18.7. The minimum atomic E-state index is -0.326. The maximum atomic E-state index is 12.3. The van der Waals surface area contributed by atoms with E-state index in [4.69, 9.17) is 0 Å². The van der Waals surface area contributed by atoms with E-state index in [2.05, 4.69) is 39.4 Å². The Balaban J connectivity index is 1.49. The molecule has 1 fully saturated rings. The molecule has 0 aromatic heterocycles. The molecular weight excluding hydrogens is 336 g/mol. The number of hydrogen-bond acceptors (Lipinski definition) is 4. The summed E-state index contributed by atoms with van der Waals surface area (Å²) >= 11 is 0. The number of nitriles is 1. The summed E-state index contributed by atoms with van der Waals surface area (Å²) in [6.45, 7) is 4.80. The van der Waals surface area contributed by atoms with Crippen LogP contribution in [0.3, 0.4) is 0 Å². The quantitative estimate of drug-likeness (QED) is 0.635. The molecule has 0 radical (unpaired) electrons. The Morgan fingerprint density at radius 3 is 2.15 bits per heavy atom.